The molecule has 9 unspecified atom stereocenters. The highest BCUT2D eigenvalue weighted by Gasteiger charge is 2.76. The van der Waals surface area contributed by atoms with Gasteiger partial charge in [-0.3, -0.25) is 4.67 Å². The molecule has 4 saturated carbocycles. The van der Waals surface area contributed by atoms with Crippen LogP contribution >= 0.6 is 8.73 Å². The lowest BCUT2D eigenvalue weighted by atomic mass is 9.41. The number of fused-ring (bicyclic) bond motifs is 8. The Kier molecular flexibility index (Phi) is 3.55. The Hall–Kier alpha value is 0.0500. The van der Waals surface area contributed by atoms with Gasteiger partial charge in [0, 0.05) is 23.7 Å². The molecule has 0 aromatic heterocycles. The van der Waals surface area contributed by atoms with Gasteiger partial charge in [0.1, 0.15) is 0 Å². The van der Waals surface area contributed by atoms with Crippen LogP contribution < -0.4 is 5.32 Å². The quantitative estimate of drug-likeness (QED) is 0.585. The number of nitrogens with zero attached hydrogens (tertiary/aromatic N) is 1. The van der Waals surface area contributed by atoms with E-state index in [0.29, 0.717) is 17.5 Å². The van der Waals surface area contributed by atoms with Gasteiger partial charge in [-0.1, -0.05) is 12.2 Å². The maximum atomic E-state index is 10.5. The van der Waals surface area contributed by atoms with Crippen molar-refractivity contribution in [3.63, 3.8) is 0 Å². The molecule has 4 heteroatoms. The monoisotopic (exact) mass is 360 g/mol. The Morgan fingerprint density at radius 1 is 1.20 bits per heavy atom. The molecule has 138 valence electrons. The molecule has 0 aromatic carbocycles. The Morgan fingerprint density at radius 3 is 2.64 bits per heavy atom. The second-order valence-electron chi connectivity index (χ2n) is 9.90. The molecule has 1 spiro atoms. The molecule has 5 fully saturated rings. The van der Waals surface area contributed by atoms with Crippen LogP contribution in [0.5, 0.6) is 0 Å². The third-order valence-corrected chi connectivity index (χ3v) is 10.8. The molecule has 6 rings (SSSR count). The number of aliphatic hydroxyl groups excluding tert-OH is 1. The first kappa shape index (κ1) is 16.0. The van der Waals surface area contributed by atoms with Gasteiger partial charge in [0.2, 0.25) is 0 Å². The van der Waals surface area contributed by atoms with Crippen LogP contribution in [0, 0.1) is 40.9 Å². The largest absolute Gasteiger partial charge is 0.391 e. The summed E-state index contributed by atoms with van der Waals surface area (Å²) in [6.45, 7) is 1.09. The summed E-state index contributed by atoms with van der Waals surface area (Å²) in [4.78, 5) is 0. The van der Waals surface area contributed by atoms with Crippen LogP contribution in [0.1, 0.15) is 38.5 Å². The van der Waals surface area contributed by atoms with E-state index in [-0.39, 0.29) is 6.10 Å². The Labute approximate surface area is 153 Å². The van der Waals surface area contributed by atoms with Gasteiger partial charge in [-0.15, -0.1) is 0 Å². The minimum absolute atomic E-state index is 0.157. The average Bonchev–Trinajstić information content (AvgIpc) is 3.10. The maximum Gasteiger partial charge on any atom is 0.0741 e. The summed E-state index contributed by atoms with van der Waals surface area (Å²) in [7, 11) is 3.09. The highest BCUT2D eigenvalue weighted by molar-refractivity contribution is 7.35. The number of nitrogens with one attached hydrogen (secondary N) is 1. The summed E-state index contributed by atoms with van der Waals surface area (Å²) in [5, 5.41) is 14.0. The van der Waals surface area contributed by atoms with Gasteiger partial charge in [-0.05, 0) is 96.4 Å². The van der Waals surface area contributed by atoms with Crippen molar-refractivity contribution in [2.24, 2.45) is 40.9 Å². The Balaban J connectivity index is 1.15. The van der Waals surface area contributed by atoms with Gasteiger partial charge in [0.05, 0.1) is 6.10 Å². The molecule has 11 atom stereocenters. The number of likely N-dealkylation sites (N-methyl/N-ethyl adjacent to an activating group) is 1. The normalized spacial score (nSPS) is 56.1. The van der Waals surface area contributed by atoms with Crippen LogP contribution in [0.15, 0.2) is 12.2 Å². The van der Waals surface area contributed by atoms with Crippen LogP contribution in [0.25, 0.3) is 0 Å². The van der Waals surface area contributed by atoms with Crippen molar-refractivity contribution < 1.29 is 5.11 Å². The summed E-state index contributed by atoms with van der Waals surface area (Å²) in [5.41, 5.74) is 0.535. The highest BCUT2D eigenvalue weighted by Crippen LogP contribution is 2.80. The molecule has 25 heavy (non-hydrogen) atoms. The Morgan fingerprint density at radius 2 is 2.04 bits per heavy atom. The molecular weight excluding hydrogens is 327 g/mol. The molecule has 0 bridgehead atoms. The lowest BCUT2D eigenvalue weighted by Crippen LogP contribution is -2.62. The summed E-state index contributed by atoms with van der Waals surface area (Å²) < 4.78 is 2.63. The van der Waals surface area contributed by atoms with E-state index >= 15 is 0 Å². The van der Waals surface area contributed by atoms with Crippen molar-refractivity contribution in [1.29, 1.82) is 0 Å². The molecule has 0 aromatic rings. The van der Waals surface area contributed by atoms with Gasteiger partial charge in [-0.2, -0.15) is 0 Å². The molecule has 5 aliphatic carbocycles. The Bertz CT molecular complexity index is 590. The fourth-order valence-electron chi connectivity index (χ4n) is 8.06. The number of hydrogen-bond donors (Lipinski definition) is 2. The van der Waals surface area contributed by atoms with Gasteiger partial charge >= 0.3 is 0 Å². The van der Waals surface area contributed by atoms with E-state index in [9.17, 15) is 5.11 Å². The van der Waals surface area contributed by atoms with Crippen molar-refractivity contribution in [3.8, 4) is 0 Å². The minimum atomic E-state index is -0.157. The fourth-order valence-corrected chi connectivity index (χ4v) is 9.33. The summed E-state index contributed by atoms with van der Waals surface area (Å²) >= 11 is 0. The molecule has 1 aliphatic heterocycles. The van der Waals surface area contributed by atoms with Gasteiger partial charge in [-0.25, -0.2) is 0 Å². The van der Waals surface area contributed by atoms with Crippen molar-refractivity contribution in [2.75, 3.05) is 19.8 Å². The molecule has 6 aliphatic rings. The first-order valence-corrected chi connectivity index (χ1v) is 11.9. The first-order valence-electron chi connectivity index (χ1n) is 10.8. The average molecular weight is 360 g/mol. The standard InChI is InChI=1S/C21H33N2OP/c1-23(25-11-17(24)16-3-2-10-22-16)18-8-9-21(18)15-7-6-14(15)19-12-4-5-13(12)20(19)21/h8-9,12-20,22,24-25H,2-7,10-11H2,1H3/t12?,13?,14?,15?,16-,17+,18?,19?,20?,21?/m0/s1. The minimum Gasteiger partial charge on any atom is -0.391 e. The summed E-state index contributed by atoms with van der Waals surface area (Å²) in [6.07, 6.45) is 14.4. The van der Waals surface area contributed by atoms with E-state index in [2.05, 4.69) is 29.2 Å². The number of aliphatic hydroxyl groups is 1. The number of rotatable bonds is 5. The van der Waals surface area contributed by atoms with E-state index in [0.717, 1.165) is 63.4 Å². The lowest BCUT2D eigenvalue weighted by molar-refractivity contribution is -0.137. The first-order chi connectivity index (χ1) is 12.2. The van der Waals surface area contributed by atoms with E-state index in [4.69, 9.17) is 0 Å². The van der Waals surface area contributed by atoms with E-state index in [1.54, 1.807) is 0 Å². The molecule has 3 nitrogen and oxygen atoms in total. The second kappa shape index (κ2) is 5.53. The number of hydrogen-bond acceptors (Lipinski definition) is 3. The third kappa shape index (κ3) is 1.92. The van der Waals surface area contributed by atoms with Gasteiger partial charge < -0.3 is 10.4 Å². The van der Waals surface area contributed by atoms with Crippen molar-refractivity contribution in [1.82, 2.24) is 9.99 Å². The zero-order chi connectivity index (χ0) is 16.8. The fraction of sp³-hybridized carbons (Fsp3) is 0.905. The SMILES string of the molecule is CN(PC[C@@H](O)[C@@H]1CCCN1)C1C=CC12C1CCC1C1C3CCC3C12. The van der Waals surface area contributed by atoms with E-state index < -0.39 is 0 Å². The molecule has 1 heterocycles. The van der Waals surface area contributed by atoms with E-state index in [1.165, 1.54) is 32.1 Å². The molecule has 2 N–H and O–H groups in total. The molecule has 0 amide bonds. The molecule has 1 saturated heterocycles. The summed E-state index contributed by atoms with van der Waals surface area (Å²) in [6, 6.07) is 1.01. The predicted molar refractivity (Wildman–Crippen MR) is 103 cm³/mol. The second-order valence-corrected chi connectivity index (χ2v) is 11.3. The van der Waals surface area contributed by atoms with Crippen LogP contribution in [0.2, 0.25) is 0 Å². The van der Waals surface area contributed by atoms with Gasteiger partial charge in [0.25, 0.3) is 0 Å². The smallest absolute Gasteiger partial charge is 0.0741 e. The van der Waals surface area contributed by atoms with Crippen LogP contribution in [0.4, 0.5) is 0 Å². The third-order valence-electron chi connectivity index (χ3n) is 9.40. The topological polar surface area (TPSA) is 35.5 Å². The zero-order valence-corrected chi connectivity index (χ0v) is 16.4. The van der Waals surface area contributed by atoms with Crippen LogP contribution in [-0.4, -0.2) is 47.7 Å². The maximum absolute atomic E-state index is 10.5. The van der Waals surface area contributed by atoms with Crippen molar-refractivity contribution in [3.05, 3.63) is 12.2 Å². The van der Waals surface area contributed by atoms with E-state index in [1.807, 2.05) is 0 Å². The lowest BCUT2D eigenvalue weighted by Gasteiger charge is -2.65. The van der Waals surface area contributed by atoms with Crippen LogP contribution in [-0.2, 0) is 0 Å². The van der Waals surface area contributed by atoms with Gasteiger partial charge in [0.15, 0.2) is 0 Å². The molecular formula is C21H33N2OP. The van der Waals surface area contributed by atoms with Crippen LogP contribution in [0.3, 0.4) is 0 Å². The van der Waals surface area contributed by atoms with Crippen molar-refractivity contribution >= 4 is 8.73 Å². The predicted octanol–water partition coefficient (Wildman–Crippen LogP) is 2.86. The highest BCUT2D eigenvalue weighted by atomic mass is 31.1. The summed E-state index contributed by atoms with van der Waals surface area (Å²) in [5.74, 6) is 6.38. The van der Waals surface area contributed by atoms with Crippen molar-refractivity contribution in [2.45, 2.75) is 56.7 Å². The molecule has 0 radical (unpaired) electrons. The zero-order valence-electron chi connectivity index (χ0n) is 15.4.